The van der Waals surface area contributed by atoms with E-state index in [0.717, 1.165) is 21.9 Å². The van der Waals surface area contributed by atoms with Crippen LogP contribution in [-0.4, -0.2) is 72.2 Å². The molecular weight excluding hydrogens is 590 g/mol. The summed E-state index contributed by atoms with van der Waals surface area (Å²) in [4.78, 5) is 57.6. The van der Waals surface area contributed by atoms with Gasteiger partial charge in [0.15, 0.2) is 0 Å². The topological polar surface area (TPSA) is 162 Å². The fourth-order valence-electron chi connectivity index (χ4n) is 5.78. The standard InChI is InChI=1S/C34H43N5O7/c1-5-45-29(40)21-38-33(43)46-34(2,3)19-25(17-22-8-11-26(44-4)12-9-22)32(42)39-16-6-7-28(39)31(41)37-20-23-10-13-27-24(18-23)14-15-36-30(27)35/h8-15,18,25,28H,5-7,16-17,19-21H2,1-4H3,(H2,35,36)(H,37,41)(H,38,43). The summed E-state index contributed by atoms with van der Waals surface area (Å²) in [6, 6.07) is 14.4. The molecule has 3 aromatic rings. The average molecular weight is 634 g/mol. The number of benzene rings is 2. The number of hydrogen-bond donors (Lipinski definition) is 3. The van der Waals surface area contributed by atoms with Crippen LogP contribution in [0.3, 0.4) is 0 Å². The Morgan fingerprint density at radius 2 is 1.80 bits per heavy atom. The maximum Gasteiger partial charge on any atom is 0.408 e. The molecule has 2 heterocycles. The van der Waals surface area contributed by atoms with E-state index in [4.69, 9.17) is 19.9 Å². The second-order valence-electron chi connectivity index (χ2n) is 11.9. The highest BCUT2D eigenvalue weighted by Crippen LogP contribution is 2.29. The van der Waals surface area contributed by atoms with Crippen molar-refractivity contribution >= 4 is 40.5 Å². The minimum absolute atomic E-state index is 0.185. The number of amides is 3. The Hall–Kier alpha value is -4.87. The van der Waals surface area contributed by atoms with E-state index < -0.39 is 29.6 Å². The molecule has 2 unspecified atom stereocenters. The molecule has 1 saturated heterocycles. The third-order valence-electron chi connectivity index (χ3n) is 7.94. The lowest BCUT2D eigenvalue weighted by Crippen LogP contribution is -2.49. The summed E-state index contributed by atoms with van der Waals surface area (Å²) in [5.74, 6) is -0.456. The zero-order valence-corrected chi connectivity index (χ0v) is 26.8. The van der Waals surface area contributed by atoms with Gasteiger partial charge in [-0.2, -0.15) is 0 Å². The van der Waals surface area contributed by atoms with Gasteiger partial charge in [0.05, 0.1) is 13.7 Å². The number of hydrogen-bond acceptors (Lipinski definition) is 9. The van der Waals surface area contributed by atoms with Crippen molar-refractivity contribution in [1.29, 1.82) is 0 Å². The molecule has 1 aromatic heterocycles. The van der Waals surface area contributed by atoms with Gasteiger partial charge in [0, 0.05) is 30.6 Å². The van der Waals surface area contributed by atoms with Crippen LogP contribution in [0.5, 0.6) is 5.75 Å². The van der Waals surface area contributed by atoms with Gasteiger partial charge in [0.25, 0.3) is 0 Å². The summed E-state index contributed by atoms with van der Waals surface area (Å²) >= 11 is 0. The number of nitrogens with zero attached hydrogens (tertiary/aromatic N) is 2. The highest BCUT2D eigenvalue weighted by Gasteiger charge is 2.39. The normalized spacial score (nSPS) is 15.2. The summed E-state index contributed by atoms with van der Waals surface area (Å²) in [6.45, 7) is 5.72. The number of pyridine rings is 1. The molecule has 0 radical (unpaired) electrons. The van der Waals surface area contributed by atoms with E-state index >= 15 is 0 Å². The SMILES string of the molecule is CCOC(=O)CNC(=O)OC(C)(C)CC(Cc1ccc(OC)cc1)C(=O)N1CCCC1C(=O)NCc1ccc2c(N)nccc2c1. The summed E-state index contributed by atoms with van der Waals surface area (Å²) < 4.78 is 15.8. The molecule has 0 bridgehead atoms. The number of carbonyl (C=O) groups excluding carboxylic acids is 4. The van der Waals surface area contributed by atoms with Crippen LogP contribution in [0.1, 0.15) is 51.2 Å². The lowest BCUT2D eigenvalue weighted by molar-refractivity contribution is -0.143. The van der Waals surface area contributed by atoms with Crippen LogP contribution in [0.15, 0.2) is 54.7 Å². The van der Waals surface area contributed by atoms with Gasteiger partial charge in [0.2, 0.25) is 11.8 Å². The van der Waals surface area contributed by atoms with Gasteiger partial charge in [-0.05, 0) is 87.2 Å². The third-order valence-corrected chi connectivity index (χ3v) is 7.94. The summed E-state index contributed by atoms with van der Waals surface area (Å²) in [7, 11) is 1.58. The maximum absolute atomic E-state index is 14.2. The number of carbonyl (C=O) groups is 4. The monoisotopic (exact) mass is 633 g/mol. The molecule has 3 amide bonds. The fourth-order valence-corrected chi connectivity index (χ4v) is 5.78. The van der Waals surface area contributed by atoms with E-state index in [1.54, 1.807) is 39.0 Å². The molecule has 12 heteroatoms. The van der Waals surface area contributed by atoms with Gasteiger partial charge < -0.3 is 35.5 Å². The number of fused-ring (bicyclic) bond motifs is 1. The zero-order chi connectivity index (χ0) is 33.3. The Balaban J connectivity index is 1.46. The molecule has 12 nitrogen and oxygen atoms in total. The molecule has 0 spiro atoms. The Morgan fingerprint density at radius 1 is 1.07 bits per heavy atom. The largest absolute Gasteiger partial charge is 0.497 e. The van der Waals surface area contributed by atoms with Crippen LogP contribution in [0.2, 0.25) is 0 Å². The second kappa shape index (κ2) is 15.4. The number of rotatable bonds is 13. The molecular formula is C34H43N5O7. The predicted octanol–water partition coefficient (Wildman–Crippen LogP) is 3.75. The van der Waals surface area contributed by atoms with Crippen LogP contribution in [0, 0.1) is 5.92 Å². The minimum Gasteiger partial charge on any atom is -0.497 e. The van der Waals surface area contributed by atoms with Crippen molar-refractivity contribution in [3.8, 4) is 5.75 Å². The number of likely N-dealkylation sites (tertiary alicyclic amines) is 1. The maximum atomic E-state index is 14.2. The number of nitrogen functional groups attached to an aromatic ring is 1. The van der Waals surface area contributed by atoms with E-state index in [-0.39, 0.29) is 31.4 Å². The van der Waals surface area contributed by atoms with Gasteiger partial charge in [-0.25, -0.2) is 9.78 Å². The van der Waals surface area contributed by atoms with Crippen molar-refractivity contribution < 1.29 is 33.4 Å². The van der Waals surface area contributed by atoms with Crippen LogP contribution in [0.4, 0.5) is 10.6 Å². The van der Waals surface area contributed by atoms with Crippen LogP contribution in [0.25, 0.3) is 10.8 Å². The molecule has 1 aliphatic heterocycles. The molecule has 1 fully saturated rings. The van der Waals surface area contributed by atoms with E-state index in [9.17, 15) is 19.2 Å². The lowest BCUT2D eigenvalue weighted by Gasteiger charge is -2.33. The van der Waals surface area contributed by atoms with Crippen molar-refractivity contribution in [3.05, 3.63) is 65.9 Å². The van der Waals surface area contributed by atoms with Crippen molar-refractivity contribution in [2.75, 3.05) is 32.5 Å². The third kappa shape index (κ3) is 9.09. The number of nitrogens with two attached hydrogens (primary N) is 1. The molecule has 4 rings (SSSR count). The quantitative estimate of drug-likeness (QED) is 0.238. The first-order valence-corrected chi connectivity index (χ1v) is 15.5. The first-order chi connectivity index (χ1) is 22.0. The highest BCUT2D eigenvalue weighted by atomic mass is 16.6. The van der Waals surface area contributed by atoms with E-state index in [1.165, 1.54) is 0 Å². The molecule has 46 heavy (non-hydrogen) atoms. The van der Waals surface area contributed by atoms with Crippen molar-refractivity contribution in [1.82, 2.24) is 20.5 Å². The average Bonchev–Trinajstić information content (AvgIpc) is 3.52. The van der Waals surface area contributed by atoms with Crippen LogP contribution in [-0.2, 0) is 36.8 Å². The fraction of sp³-hybridized carbons (Fsp3) is 0.441. The zero-order valence-electron chi connectivity index (χ0n) is 26.8. The molecule has 2 aromatic carbocycles. The molecule has 2 atom stereocenters. The Bertz CT molecular complexity index is 1540. The van der Waals surface area contributed by atoms with Gasteiger partial charge in [-0.15, -0.1) is 0 Å². The minimum atomic E-state index is -1.07. The number of anilines is 1. The predicted molar refractivity (Wildman–Crippen MR) is 173 cm³/mol. The van der Waals surface area contributed by atoms with E-state index in [2.05, 4.69) is 15.6 Å². The summed E-state index contributed by atoms with van der Waals surface area (Å²) in [5, 5.41) is 7.17. The van der Waals surface area contributed by atoms with Gasteiger partial charge >= 0.3 is 12.1 Å². The van der Waals surface area contributed by atoms with Crippen molar-refractivity contribution in [2.45, 2.75) is 64.6 Å². The first kappa shape index (κ1) is 34.0. The molecule has 0 aliphatic carbocycles. The van der Waals surface area contributed by atoms with Crippen LogP contribution < -0.4 is 21.1 Å². The number of aromatic nitrogens is 1. The Labute approximate surface area is 269 Å². The number of nitrogens with one attached hydrogen (secondary N) is 2. The Morgan fingerprint density at radius 3 is 2.52 bits per heavy atom. The Kier molecular flexibility index (Phi) is 11.4. The molecule has 246 valence electrons. The summed E-state index contributed by atoms with van der Waals surface area (Å²) in [5.41, 5.74) is 6.70. The van der Waals surface area contributed by atoms with E-state index in [1.807, 2.05) is 48.5 Å². The molecule has 1 aliphatic rings. The first-order valence-electron chi connectivity index (χ1n) is 15.5. The number of esters is 1. The summed E-state index contributed by atoms with van der Waals surface area (Å²) in [6.07, 6.45) is 2.64. The van der Waals surface area contributed by atoms with Crippen LogP contribution >= 0.6 is 0 Å². The molecule has 4 N–H and O–H groups in total. The molecule has 0 saturated carbocycles. The number of methoxy groups -OCH3 is 1. The lowest BCUT2D eigenvalue weighted by atomic mass is 9.87. The van der Waals surface area contributed by atoms with Crippen molar-refractivity contribution in [2.24, 2.45) is 5.92 Å². The number of alkyl carbamates (subject to hydrolysis) is 1. The van der Waals surface area contributed by atoms with E-state index in [0.29, 0.717) is 43.9 Å². The smallest absolute Gasteiger partial charge is 0.408 e. The van der Waals surface area contributed by atoms with Gasteiger partial charge in [-0.3, -0.25) is 14.4 Å². The number of ether oxygens (including phenoxy) is 3. The highest BCUT2D eigenvalue weighted by molar-refractivity contribution is 5.92. The van der Waals surface area contributed by atoms with Gasteiger partial charge in [0.1, 0.15) is 29.8 Å². The van der Waals surface area contributed by atoms with Gasteiger partial charge in [-0.1, -0.05) is 24.3 Å². The second-order valence-corrected chi connectivity index (χ2v) is 11.9. The van der Waals surface area contributed by atoms with Crippen molar-refractivity contribution in [3.63, 3.8) is 0 Å².